The minimum Gasteiger partial charge on any atom is -0.353 e. The summed E-state index contributed by atoms with van der Waals surface area (Å²) in [5.41, 5.74) is 5.46. The minimum absolute atomic E-state index is 0.0912. The maximum atomic E-state index is 11.9. The highest BCUT2D eigenvalue weighted by Crippen LogP contribution is 2.16. The first-order chi connectivity index (χ1) is 8.04. The van der Waals surface area contributed by atoms with Crippen molar-refractivity contribution in [2.45, 2.75) is 51.6 Å². The Morgan fingerprint density at radius 1 is 1.59 bits per heavy atom. The van der Waals surface area contributed by atoms with E-state index in [0.717, 1.165) is 32.2 Å². The Hall–Kier alpha value is -0.610. The van der Waals surface area contributed by atoms with Crippen LogP contribution in [-0.4, -0.2) is 43.0 Å². The monoisotopic (exact) mass is 241 g/mol. The fourth-order valence-electron chi connectivity index (χ4n) is 2.32. The molecule has 100 valence electrons. The Kier molecular flexibility index (Phi) is 5.92. The summed E-state index contributed by atoms with van der Waals surface area (Å²) in [6.07, 6.45) is 3.95. The highest BCUT2D eigenvalue weighted by atomic mass is 16.1. The van der Waals surface area contributed by atoms with Crippen LogP contribution in [0.5, 0.6) is 0 Å². The molecule has 4 heteroatoms. The lowest BCUT2D eigenvalue weighted by Gasteiger charge is -2.35. The van der Waals surface area contributed by atoms with Crippen molar-refractivity contribution in [1.29, 1.82) is 0 Å². The second kappa shape index (κ2) is 6.97. The second-order valence-electron chi connectivity index (χ2n) is 5.39. The molecule has 3 atom stereocenters. The van der Waals surface area contributed by atoms with E-state index >= 15 is 0 Å². The normalized spacial score (nSPS) is 27.8. The van der Waals surface area contributed by atoms with E-state index in [1.54, 1.807) is 0 Å². The van der Waals surface area contributed by atoms with E-state index in [1.165, 1.54) is 0 Å². The Labute approximate surface area is 105 Å². The average Bonchev–Trinajstić information content (AvgIpc) is 2.30. The smallest absolute Gasteiger partial charge is 0.223 e. The molecule has 3 unspecified atom stereocenters. The molecular weight excluding hydrogens is 214 g/mol. The van der Waals surface area contributed by atoms with Gasteiger partial charge < -0.3 is 16.0 Å². The number of nitrogens with two attached hydrogens (primary N) is 1. The molecular formula is C13H27N3O. The quantitative estimate of drug-likeness (QED) is 0.754. The summed E-state index contributed by atoms with van der Waals surface area (Å²) in [5, 5.41) is 3.17. The lowest BCUT2D eigenvalue weighted by Crippen LogP contribution is -2.48. The van der Waals surface area contributed by atoms with Gasteiger partial charge in [0.1, 0.15) is 0 Å². The molecule has 1 saturated heterocycles. The molecule has 0 bridgehead atoms. The van der Waals surface area contributed by atoms with Gasteiger partial charge in [-0.05, 0) is 46.2 Å². The molecule has 1 amide bonds. The average molecular weight is 241 g/mol. The maximum Gasteiger partial charge on any atom is 0.223 e. The van der Waals surface area contributed by atoms with Crippen molar-refractivity contribution in [2.75, 3.05) is 20.1 Å². The standard InChI is InChI=1S/C13H27N3O/c1-10(5-4-7-14)13(17)15-12-6-8-16(3)11(2)9-12/h10-12H,4-9,14H2,1-3H3,(H,15,17). The molecule has 1 fully saturated rings. The molecule has 0 aliphatic carbocycles. The highest BCUT2D eigenvalue weighted by molar-refractivity contribution is 5.78. The van der Waals surface area contributed by atoms with Gasteiger partial charge in [0.2, 0.25) is 5.91 Å². The van der Waals surface area contributed by atoms with Crippen LogP contribution in [0.2, 0.25) is 0 Å². The van der Waals surface area contributed by atoms with E-state index in [2.05, 4.69) is 24.2 Å². The van der Waals surface area contributed by atoms with Gasteiger partial charge in [0, 0.05) is 24.5 Å². The third-order valence-electron chi connectivity index (χ3n) is 3.84. The van der Waals surface area contributed by atoms with Crippen molar-refractivity contribution < 1.29 is 4.79 Å². The third kappa shape index (κ3) is 4.64. The Balaban J connectivity index is 2.31. The Morgan fingerprint density at radius 3 is 2.88 bits per heavy atom. The molecule has 17 heavy (non-hydrogen) atoms. The Bertz CT molecular complexity index is 245. The number of nitrogens with one attached hydrogen (secondary N) is 1. The van der Waals surface area contributed by atoms with E-state index in [9.17, 15) is 4.79 Å². The fourth-order valence-corrected chi connectivity index (χ4v) is 2.32. The lowest BCUT2D eigenvalue weighted by atomic mass is 9.97. The highest BCUT2D eigenvalue weighted by Gasteiger charge is 2.25. The van der Waals surface area contributed by atoms with E-state index in [1.807, 2.05) is 6.92 Å². The van der Waals surface area contributed by atoms with Gasteiger partial charge in [0.25, 0.3) is 0 Å². The molecule has 0 radical (unpaired) electrons. The van der Waals surface area contributed by atoms with Crippen molar-refractivity contribution in [3.05, 3.63) is 0 Å². The summed E-state index contributed by atoms with van der Waals surface area (Å²) in [5.74, 6) is 0.286. The van der Waals surface area contributed by atoms with Crippen molar-refractivity contribution in [3.63, 3.8) is 0 Å². The van der Waals surface area contributed by atoms with Crippen LogP contribution in [0.15, 0.2) is 0 Å². The number of carbonyl (C=O) groups is 1. The molecule has 1 rings (SSSR count). The second-order valence-corrected chi connectivity index (χ2v) is 5.39. The zero-order valence-electron chi connectivity index (χ0n) is 11.4. The van der Waals surface area contributed by atoms with Crippen molar-refractivity contribution in [2.24, 2.45) is 11.7 Å². The molecule has 1 heterocycles. The molecule has 1 aliphatic heterocycles. The van der Waals surface area contributed by atoms with Crippen molar-refractivity contribution in [1.82, 2.24) is 10.2 Å². The van der Waals surface area contributed by atoms with E-state index < -0.39 is 0 Å². The van der Waals surface area contributed by atoms with Gasteiger partial charge in [-0.15, -0.1) is 0 Å². The first-order valence-electron chi connectivity index (χ1n) is 6.75. The van der Waals surface area contributed by atoms with Crippen LogP contribution in [0.1, 0.15) is 39.5 Å². The van der Waals surface area contributed by atoms with Gasteiger partial charge in [-0.25, -0.2) is 0 Å². The van der Waals surface area contributed by atoms with Gasteiger partial charge in [-0.2, -0.15) is 0 Å². The van der Waals surface area contributed by atoms with Gasteiger partial charge in [-0.1, -0.05) is 6.92 Å². The molecule has 3 N–H and O–H groups in total. The van der Waals surface area contributed by atoms with E-state index in [4.69, 9.17) is 5.73 Å². The van der Waals surface area contributed by atoms with Gasteiger partial charge in [-0.3, -0.25) is 4.79 Å². The SMILES string of the molecule is CC(CCCN)C(=O)NC1CCN(C)C(C)C1. The zero-order chi connectivity index (χ0) is 12.8. The summed E-state index contributed by atoms with van der Waals surface area (Å²) < 4.78 is 0. The van der Waals surface area contributed by atoms with Gasteiger partial charge in [0.05, 0.1) is 0 Å². The number of rotatable bonds is 5. The minimum atomic E-state index is 0.0912. The molecule has 0 spiro atoms. The number of piperidine rings is 1. The first kappa shape index (κ1) is 14.5. The summed E-state index contributed by atoms with van der Waals surface area (Å²) in [4.78, 5) is 14.3. The predicted octanol–water partition coefficient (Wildman–Crippen LogP) is 0.960. The number of nitrogens with zero attached hydrogens (tertiary/aromatic N) is 1. The number of hydrogen-bond acceptors (Lipinski definition) is 3. The number of likely N-dealkylation sites (tertiary alicyclic amines) is 1. The topological polar surface area (TPSA) is 58.4 Å². The van der Waals surface area contributed by atoms with Crippen LogP contribution in [0.4, 0.5) is 0 Å². The van der Waals surface area contributed by atoms with Crippen molar-refractivity contribution >= 4 is 5.91 Å². The summed E-state index contributed by atoms with van der Waals surface area (Å²) >= 11 is 0. The molecule has 1 aliphatic rings. The maximum absolute atomic E-state index is 11.9. The molecule has 0 aromatic heterocycles. The molecule has 0 aromatic carbocycles. The number of hydrogen-bond donors (Lipinski definition) is 2. The third-order valence-corrected chi connectivity index (χ3v) is 3.84. The van der Waals surface area contributed by atoms with E-state index in [0.29, 0.717) is 18.6 Å². The van der Waals surface area contributed by atoms with Crippen LogP contribution in [-0.2, 0) is 4.79 Å². The Morgan fingerprint density at radius 2 is 2.29 bits per heavy atom. The van der Waals surface area contributed by atoms with Crippen molar-refractivity contribution in [3.8, 4) is 0 Å². The lowest BCUT2D eigenvalue weighted by molar-refractivity contribution is -0.125. The van der Waals surface area contributed by atoms with Gasteiger partial charge >= 0.3 is 0 Å². The van der Waals surface area contributed by atoms with E-state index in [-0.39, 0.29) is 11.8 Å². The number of amides is 1. The van der Waals surface area contributed by atoms with Crippen LogP contribution in [0.25, 0.3) is 0 Å². The summed E-state index contributed by atoms with van der Waals surface area (Å²) in [7, 11) is 2.15. The predicted molar refractivity (Wildman–Crippen MR) is 70.7 cm³/mol. The fraction of sp³-hybridized carbons (Fsp3) is 0.923. The molecule has 0 saturated carbocycles. The van der Waals surface area contributed by atoms with Crippen LogP contribution >= 0.6 is 0 Å². The largest absolute Gasteiger partial charge is 0.353 e. The first-order valence-corrected chi connectivity index (χ1v) is 6.75. The number of carbonyl (C=O) groups excluding carboxylic acids is 1. The summed E-state index contributed by atoms with van der Waals surface area (Å²) in [6, 6.07) is 0.919. The molecule has 0 aromatic rings. The van der Waals surface area contributed by atoms with Gasteiger partial charge in [0.15, 0.2) is 0 Å². The van der Waals surface area contributed by atoms with Crippen LogP contribution in [0, 0.1) is 5.92 Å². The molecule has 4 nitrogen and oxygen atoms in total. The van der Waals surface area contributed by atoms with Crippen LogP contribution in [0.3, 0.4) is 0 Å². The summed E-state index contributed by atoms with van der Waals surface area (Å²) in [6.45, 7) is 5.95. The van der Waals surface area contributed by atoms with Crippen LogP contribution < -0.4 is 11.1 Å². The zero-order valence-corrected chi connectivity index (χ0v) is 11.4.